The van der Waals surface area contributed by atoms with E-state index >= 15 is 0 Å². The lowest BCUT2D eigenvalue weighted by Gasteiger charge is -2.37. The Bertz CT molecular complexity index is 1180. The first kappa shape index (κ1) is 23.1. The van der Waals surface area contributed by atoms with E-state index < -0.39 is 15.9 Å². The number of hydrogen-bond acceptors (Lipinski definition) is 5. The van der Waals surface area contributed by atoms with Crippen molar-refractivity contribution in [2.75, 3.05) is 5.75 Å². The van der Waals surface area contributed by atoms with Crippen molar-refractivity contribution in [3.05, 3.63) is 71.8 Å². The fourth-order valence-electron chi connectivity index (χ4n) is 6.62. The molecule has 2 aliphatic carbocycles. The summed E-state index contributed by atoms with van der Waals surface area (Å²) in [6, 6.07) is 19.1. The van der Waals surface area contributed by atoms with Crippen molar-refractivity contribution in [1.29, 1.82) is 0 Å². The number of hydrogen-bond donors (Lipinski definition) is 0. The highest BCUT2D eigenvalue weighted by atomic mass is 32.2. The molecule has 3 aliphatic rings. The van der Waals surface area contributed by atoms with Crippen LogP contribution in [0.3, 0.4) is 0 Å². The third-order valence-corrected chi connectivity index (χ3v) is 10.5. The third-order valence-electron chi connectivity index (χ3n) is 8.63. The van der Waals surface area contributed by atoms with Gasteiger partial charge < -0.3 is 4.84 Å². The summed E-state index contributed by atoms with van der Waals surface area (Å²) in [6.45, 7) is 4.66. The summed E-state index contributed by atoms with van der Waals surface area (Å²) in [5.74, 6) is -0.579. The van der Waals surface area contributed by atoms with E-state index in [0.29, 0.717) is 12.3 Å². The van der Waals surface area contributed by atoms with Gasteiger partial charge in [-0.1, -0.05) is 79.7 Å². The van der Waals surface area contributed by atoms with E-state index in [4.69, 9.17) is 4.84 Å². The zero-order valence-corrected chi connectivity index (χ0v) is 20.6. The molecule has 34 heavy (non-hydrogen) atoms. The predicted octanol–water partition coefficient (Wildman–Crippen LogP) is 4.41. The average Bonchev–Trinajstić information content (AvgIpc) is 3.30. The first-order valence-corrected chi connectivity index (χ1v) is 13.6. The molecule has 1 aliphatic heterocycles. The van der Waals surface area contributed by atoms with Crippen molar-refractivity contribution < 1.29 is 18.0 Å². The van der Waals surface area contributed by atoms with Crippen LogP contribution in [0.25, 0.3) is 0 Å². The van der Waals surface area contributed by atoms with Gasteiger partial charge in [-0.25, -0.2) is 12.7 Å². The van der Waals surface area contributed by atoms with Gasteiger partial charge in [0.2, 0.25) is 15.9 Å². The maximum Gasteiger partial charge on any atom is 0.245 e. The van der Waals surface area contributed by atoms with Gasteiger partial charge in [0, 0.05) is 5.41 Å². The first-order valence-electron chi connectivity index (χ1n) is 12.0. The molecule has 6 nitrogen and oxygen atoms in total. The lowest BCUT2D eigenvalue weighted by Crippen LogP contribution is -2.47. The van der Waals surface area contributed by atoms with Crippen molar-refractivity contribution in [2.24, 2.45) is 27.8 Å². The van der Waals surface area contributed by atoms with Crippen molar-refractivity contribution in [2.45, 2.75) is 52.2 Å². The fraction of sp³-hybridized carbons (Fsp3) is 0.481. The fourth-order valence-corrected chi connectivity index (χ4v) is 9.20. The molecule has 1 spiro atoms. The number of carbonyl (C=O) groups excluding carboxylic acids is 1. The second-order valence-corrected chi connectivity index (χ2v) is 12.4. The zero-order chi connectivity index (χ0) is 24.0. The van der Waals surface area contributed by atoms with Gasteiger partial charge in [-0.15, -0.1) is 0 Å². The lowest BCUT2D eigenvalue weighted by atomic mass is 9.69. The minimum absolute atomic E-state index is 0.0691. The number of amides is 1. The Morgan fingerprint density at radius 2 is 1.76 bits per heavy atom. The SMILES string of the molecule is CC1(C)[C@@H]2CC[C@]13CS(=O)(=O)N(C(=O)[C@@H](/C=N\OCc1ccccc1)Cc1ccccc1)[C@@H]3C2. The zero-order valence-electron chi connectivity index (χ0n) is 19.8. The second kappa shape index (κ2) is 8.52. The Balaban J connectivity index is 1.40. The van der Waals surface area contributed by atoms with Crippen LogP contribution in [-0.2, 0) is 32.7 Å². The van der Waals surface area contributed by atoms with E-state index in [-0.39, 0.29) is 35.1 Å². The van der Waals surface area contributed by atoms with Gasteiger partial charge in [-0.2, -0.15) is 0 Å². The number of carbonyl (C=O) groups is 1. The summed E-state index contributed by atoms with van der Waals surface area (Å²) >= 11 is 0. The number of oxime groups is 1. The van der Waals surface area contributed by atoms with Gasteiger partial charge in [0.1, 0.15) is 6.61 Å². The molecule has 2 saturated carbocycles. The number of fused-ring (bicyclic) bond motifs is 1. The summed E-state index contributed by atoms with van der Waals surface area (Å²) in [5.41, 5.74) is 1.50. The van der Waals surface area contributed by atoms with Crippen molar-refractivity contribution in [3.63, 3.8) is 0 Å². The van der Waals surface area contributed by atoms with Gasteiger partial charge in [0.15, 0.2) is 0 Å². The molecule has 0 unspecified atom stereocenters. The summed E-state index contributed by atoms with van der Waals surface area (Å²) in [7, 11) is -3.69. The van der Waals surface area contributed by atoms with Crippen LogP contribution in [0.2, 0.25) is 0 Å². The van der Waals surface area contributed by atoms with Gasteiger partial charge in [0.05, 0.1) is 23.9 Å². The third kappa shape index (κ3) is 3.74. The van der Waals surface area contributed by atoms with Gasteiger partial charge in [-0.05, 0) is 48.1 Å². The van der Waals surface area contributed by atoms with Crippen molar-refractivity contribution in [3.8, 4) is 0 Å². The molecule has 0 N–H and O–H groups in total. The Kier molecular flexibility index (Phi) is 5.79. The van der Waals surface area contributed by atoms with Crippen LogP contribution >= 0.6 is 0 Å². The Morgan fingerprint density at radius 3 is 2.41 bits per heavy atom. The van der Waals surface area contributed by atoms with E-state index in [1.54, 1.807) is 0 Å². The molecule has 1 amide bonds. The summed E-state index contributed by atoms with van der Waals surface area (Å²) < 4.78 is 28.0. The van der Waals surface area contributed by atoms with Crippen LogP contribution in [0.5, 0.6) is 0 Å². The lowest BCUT2D eigenvalue weighted by molar-refractivity contribution is -0.131. The molecule has 1 heterocycles. The predicted molar refractivity (Wildman–Crippen MR) is 131 cm³/mol. The number of benzene rings is 2. The summed E-state index contributed by atoms with van der Waals surface area (Å²) in [6.07, 6.45) is 4.53. The van der Waals surface area contributed by atoms with Gasteiger partial charge in [-0.3, -0.25) is 4.79 Å². The highest BCUT2D eigenvalue weighted by Gasteiger charge is 2.72. The number of nitrogens with zero attached hydrogens (tertiary/aromatic N) is 2. The minimum Gasteiger partial charge on any atom is -0.391 e. The van der Waals surface area contributed by atoms with Crippen LogP contribution in [0.15, 0.2) is 65.8 Å². The molecule has 0 aromatic heterocycles. The van der Waals surface area contributed by atoms with Crippen LogP contribution in [0.4, 0.5) is 0 Å². The molecule has 2 bridgehead atoms. The second-order valence-electron chi connectivity index (χ2n) is 10.6. The van der Waals surface area contributed by atoms with E-state index in [0.717, 1.165) is 30.4 Å². The number of rotatable bonds is 7. The normalized spacial score (nSPS) is 29.3. The quantitative estimate of drug-likeness (QED) is 0.434. The highest BCUT2D eigenvalue weighted by Crippen LogP contribution is 2.70. The Hall–Kier alpha value is -2.67. The standard InChI is InChI=1S/C27H32N2O4S/c1-26(2)23-13-14-27(26)19-34(31,32)29(24(27)16-23)25(30)22(15-20-9-5-3-6-10-20)17-28-33-18-21-11-7-4-8-12-21/h3-12,17,22-24H,13-16,18-19H2,1-2H3/b28-17-/t22-,23-,24-,27-/m1/s1. The van der Waals surface area contributed by atoms with Crippen LogP contribution < -0.4 is 0 Å². The molecule has 1 saturated heterocycles. The Labute approximate surface area is 202 Å². The monoisotopic (exact) mass is 480 g/mol. The first-order chi connectivity index (χ1) is 16.2. The molecule has 3 fully saturated rings. The molecular weight excluding hydrogens is 448 g/mol. The smallest absolute Gasteiger partial charge is 0.245 e. The minimum atomic E-state index is -3.69. The largest absolute Gasteiger partial charge is 0.391 e. The molecule has 4 atom stereocenters. The van der Waals surface area contributed by atoms with E-state index in [2.05, 4.69) is 19.0 Å². The molecule has 7 heteroatoms. The highest BCUT2D eigenvalue weighted by molar-refractivity contribution is 7.90. The number of sulfonamides is 1. The van der Waals surface area contributed by atoms with Crippen LogP contribution in [0, 0.1) is 22.7 Å². The molecular formula is C27H32N2O4S. The van der Waals surface area contributed by atoms with Gasteiger partial charge in [0.25, 0.3) is 0 Å². The molecule has 5 rings (SSSR count). The van der Waals surface area contributed by atoms with Crippen LogP contribution in [-0.4, -0.2) is 36.6 Å². The van der Waals surface area contributed by atoms with Crippen molar-refractivity contribution >= 4 is 22.1 Å². The van der Waals surface area contributed by atoms with E-state index in [1.165, 1.54) is 10.5 Å². The molecule has 180 valence electrons. The molecule has 2 aromatic rings. The molecule has 0 radical (unpaired) electrons. The maximum atomic E-state index is 13.9. The average molecular weight is 481 g/mol. The van der Waals surface area contributed by atoms with Gasteiger partial charge >= 0.3 is 0 Å². The van der Waals surface area contributed by atoms with E-state index in [9.17, 15) is 13.2 Å². The molecule has 2 aromatic carbocycles. The topological polar surface area (TPSA) is 76.0 Å². The van der Waals surface area contributed by atoms with E-state index in [1.807, 2.05) is 60.7 Å². The maximum absolute atomic E-state index is 13.9. The van der Waals surface area contributed by atoms with Crippen LogP contribution in [0.1, 0.15) is 44.2 Å². The van der Waals surface area contributed by atoms with Crippen molar-refractivity contribution in [1.82, 2.24) is 4.31 Å². The summed E-state index contributed by atoms with van der Waals surface area (Å²) in [4.78, 5) is 19.3. The Morgan fingerprint density at radius 1 is 1.12 bits per heavy atom. The summed E-state index contributed by atoms with van der Waals surface area (Å²) in [5, 5.41) is 4.10.